The molecule has 202 valence electrons. The Kier molecular flexibility index (Phi) is 7.88. The van der Waals surface area contributed by atoms with E-state index in [0.717, 1.165) is 22.7 Å². The summed E-state index contributed by atoms with van der Waals surface area (Å²) in [5.41, 5.74) is 0.718. The summed E-state index contributed by atoms with van der Waals surface area (Å²) in [4.78, 5) is 21.1. The molecule has 5 atom stereocenters. The highest BCUT2D eigenvalue weighted by Crippen LogP contribution is 2.63. The van der Waals surface area contributed by atoms with Gasteiger partial charge in [-0.15, -0.1) is 17.9 Å². The molecule has 1 fully saturated rings. The highest BCUT2D eigenvalue weighted by atomic mass is 32.1. The number of nitrogens with zero attached hydrogens (tertiary/aromatic N) is 2. The zero-order valence-electron chi connectivity index (χ0n) is 22.4. The summed E-state index contributed by atoms with van der Waals surface area (Å²) in [6, 6.07) is 5.55. The molecule has 1 saturated carbocycles. The van der Waals surface area contributed by atoms with Crippen LogP contribution in [0.4, 0.5) is 10.8 Å². The smallest absolute Gasteiger partial charge is 0.223 e. The Labute approximate surface area is 223 Å². The van der Waals surface area contributed by atoms with E-state index in [1.165, 1.54) is 0 Å². The summed E-state index contributed by atoms with van der Waals surface area (Å²) < 4.78 is 10.9. The van der Waals surface area contributed by atoms with Crippen LogP contribution in [-0.2, 0) is 11.2 Å². The SMILES string of the molecule is C=CCN(C)C(=O)CC1c2nc(Nc3cc(OC)ccc3OC)sc2CC2C(C)(CO)C(O)CCC12C. The second kappa shape index (κ2) is 10.6. The van der Waals surface area contributed by atoms with E-state index in [-0.39, 0.29) is 29.8 Å². The second-order valence-electron chi connectivity index (χ2n) is 10.8. The van der Waals surface area contributed by atoms with Crippen LogP contribution in [0.1, 0.15) is 49.6 Å². The predicted octanol–water partition coefficient (Wildman–Crippen LogP) is 4.35. The number of aliphatic hydroxyl groups excluding tert-OH is 2. The van der Waals surface area contributed by atoms with Crippen LogP contribution >= 0.6 is 11.3 Å². The first-order chi connectivity index (χ1) is 17.6. The number of aromatic nitrogens is 1. The zero-order chi connectivity index (χ0) is 27.0. The summed E-state index contributed by atoms with van der Waals surface area (Å²) in [6.07, 6.45) is 3.49. The highest BCUT2D eigenvalue weighted by Gasteiger charge is 2.59. The molecule has 0 saturated heterocycles. The summed E-state index contributed by atoms with van der Waals surface area (Å²) in [6.45, 7) is 8.33. The third-order valence-electron chi connectivity index (χ3n) is 8.75. The van der Waals surface area contributed by atoms with Gasteiger partial charge in [0.2, 0.25) is 5.91 Å². The number of rotatable bonds is 9. The maximum atomic E-state index is 13.3. The number of fused-ring (bicyclic) bond motifs is 2. The molecular formula is C28H39N3O5S. The van der Waals surface area contributed by atoms with Crippen molar-refractivity contribution in [3.05, 3.63) is 41.4 Å². The van der Waals surface area contributed by atoms with Crippen LogP contribution in [-0.4, -0.2) is 66.5 Å². The van der Waals surface area contributed by atoms with Gasteiger partial charge in [0.15, 0.2) is 5.13 Å². The summed E-state index contributed by atoms with van der Waals surface area (Å²) in [5.74, 6) is 1.27. The fourth-order valence-electron chi connectivity index (χ4n) is 6.35. The monoisotopic (exact) mass is 529 g/mol. The van der Waals surface area contributed by atoms with Gasteiger partial charge < -0.3 is 29.9 Å². The Balaban J connectivity index is 1.77. The molecule has 2 aliphatic carbocycles. The predicted molar refractivity (Wildman–Crippen MR) is 146 cm³/mol. The van der Waals surface area contributed by atoms with Crippen molar-refractivity contribution in [1.29, 1.82) is 0 Å². The Morgan fingerprint density at radius 2 is 2.11 bits per heavy atom. The molecule has 2 aromatic rings. The normalized spacial score (nSPS) is 28.6. The topological polar surface area (TPSA) is 104 Å². The van der Waals surface area contributed by atoms with Crippen LogP contribution in [0.2, 0.25) is 0 Å². The number of thiazole rings is 1. The molecule has 1 amide bonds. The van der Waals surface area contributed by atoms with Gasteiger partial charge in [0, 0.05) is 42.3 Å². The third-order valence-corrected chi connectivity index (χ3v) is 9.76. The minimum Gasteiger partial charge on any atom is -0.497 e. The van der Waals surface area contributed by atoms with Gasteiger partial charge in [-0.2, -0.15) is 0 Å². The fraction of sp³-hybridized carbons (Fsp3) is 0.571. The van der Waals surface area contributed by atoms with Crippen LogP contribution in [0, 0.1) is 16.7 Å². The Bertz CT molecular complexity index is 1150. The van der Waals surface area contributed by atoms with E-state index in [0.29, 0.717) is 42.4 Å². The van der Waals surface area contributed by atoms with E-state index in [9.17, 15) is 15.0 Å². The molecular weight excluding hydrogens is 490 g/mol. The Morgan fingerprint density at radius 3 is 2.76 bits per heavy atom. The second-order valence-corrected chi connectivity index (χ2v) is 11.9. The quantitative estimate of drug-likeness (QED) is 0.415. The van der Waals surface area contributed by atoms with E-state index in [1.54, 1.807) is 43.6 Å². The van der Waals surface area contributed by atoms with Crippen LogP contribution in [0.3, 0.4) is 0 Å². The third kappa shape index (κ3) is 4.84. The first-order valence-electron chi connectivity index (χ1n) is 12.7. The molecule has 1 aromatic carbocycles. The number of carbonyl (C=O) groups excluding carboxylic acids is 1. The molecule has 1 heterocycles. The molecule has 2 aliphatic rings. The van der Waals surface area contributed by atoms with Crippen molar-refractivity contribution in [3.8, 4) is 11.5 Å². The minimum atomic E-state index is -0.660. The van der Waals surface area contributed by atoms with E-state index in [4.69, 9.17) is 14.5 Å². The van der Waals surface area contributed by atoms with Crippen molar-refractivity contribution in [2.24, 2.45) is 16.7 Å². The molecule has 5 unspecified atom stereocenters. The number of benzene rings is 1. The average molecular weight is 530 g/mol. The van der Waals surface area contributed by atoms with Crippen molar-refractivity contribution >= 4 is 28.1 Å². The maximum absolute atomic E-state index is 13.3. The van der Waals surface area contributed by atoms with Crippen LogP contribution in [0.25, 0.3) is 0 Å². The number of anilines is 2. The van der Waals surface area contributed by atoms with Crippen molar-refractivity contribution < 1.29 is 24.5 Å². The molecule has 0 aliphatic heterocycles. The summed E-state index contributed by atoms with van der Waals surface area (Å²) in [5, 5.41) is 25.5. The van der Waals surface area contributed by atoms with Gasteiger partial charge in [0.05, 0.1) is 38.3 Å². The van der Waals surface area contributed by atoms with Gasteiger partial charge in [0.1, 0.15) is 11.5 Å². The Morgan fingerprint density at radius 1 is 1.35 bits per heavy atom. The van der Waals surface area contributed by atoms with Crippen molar-refractivity contribution in [3.63, 3.8) is 0 Å². The minimum absolute atomic E-state index is 0.00316. The standard InChI is InChI=1S/C28H39N3O5S/c1-7-12-31(4)24(34)14-18-25-21(15-22-27(18,2)11-10-23(33)28(22,3)16-32)37-26(30-25)29-19-13-17(35-5)8-9-20(19)36-6/h7-9,13,18,22-23,32-33H,1,10-12,14-16H2,2-6H3,(H,29,30). The molecule has 0 radical (unpaired) electrons. The van der Waals surface area contributed by atoms with Gasteiger partial charge in [-0.3, -0.25) is 4.79 Å². The van der Waals surface area contributed by atoms with Gasteiger partial charge in [-0.25, -0.2) is 4.98 Å². The number of nitrogens with one attached hydrogen (secondary N) is 1. The van der Waals surface area contributed by atoms with Gasteiger partial charge in [-0.1, -0.05) is 19.9 Å². The lowest BCUT2D eigenvalue weighted by Crippen LogP contribution is -2.57. The molecule has 8 nitrogen and oxygen atoms in total. The molecule has 37 heavy (non-hydrogen) atoms. The highest BCUT2D eigenvalue weighted by molar-refractivity contribution is 7.15. The molecule has 9 heteroatoms. The van der Waals surface area contributed by atoms with Crippen LogP contribution in [0.15, 0.2) is 30.9 Å². The largest absolute Gasteiger partial charge is 0.497 e. The number of carbonyl (C=O) groups is 1. The van der Waals surface area contributed by atoms with Crippen molar-refractivity contribution in [1.82, 2.24) is 9.88 Å². The van der Waals surface area contributed by atoms with E-state index in [1.807, 2.05) is 25.1 Å². The zero-order valence-corrected chi connectivity index (χ0v) is 23.2. The number of amides is 1. The van der Waals surface area contributed by atoms with E-state index < -0.39 is 11.5 Å². The number of hydrogen-bond donors (Lipinski definition) is 3. The molecule has 0 bridgehead atoms. The lowest BCUT2D eigenvalue weighted by Gasteiger charge is -2.58. The van der Waals surface area contributed by atoms with Crippen LogP contribution in [0.5, 0.6) is 11.5 Å². The first kappa shape index (κ1) is 27.4. The number of ether oxygens (including phenoxy) is 2. The molecule has 4 rings (SSSR count). The lowest BCUT2D eigenvalue weighted by atomic mass is 9.47. The molecule has 1 aromatic heterocycles. The number of methoxy groups -OCH3 is 2. The Hall–Kier alpha value is -2.62. The fourth-order valence-corrected chi connectivity index (χ4v) is 7.43. The van der Waals surface area contributed by atoms with Gasteiger partial charge in [0.25, 0.3) is 0 Å². The molecule has 3 N–H and O–H groups in total. The van der Waals surface area contributed by atoms with E-state index >= 15 is 0 Å². The average Bonchev–Trinajstić information content (AvgIpc) is 3.29. The maximum Gasteiger partial charge on any atom is 0.223 e. The van der Waals surface area contributed by atoms with Crippen LogP contribution < -0.4 is 14.8 Å². The van der Waals surface area contributed by atoms with Crippen molar-refractivity contribution in [2.45, 2.75) is 51.6 Å². The number of aliphatic hydroxyl groups is 2. The first-order valence-corrected chi connectivity index (χ1v) is 13.5. The van der Waals surface area contributed by atoms with Gasteiger partial charge in [-0.05, 0) is 42.7 Å². The van der Waals surface area contributed by atoms with Gasteiger partial charge >= 0.3 is 0 Å². The number of hydrogen-bond acceptors (Lipinski definition) is 8. The lowest BCUT2D eigenvalue weighted by molar-refractivity contribution is -0.146. The number of likely N-dealkylation sites (N-methyl/N-ethyl adjacent to an activating group) is 1. The summed E-state index contributed by atoms with van der Waals surface area (Å²) in [7, 11) is 5.03. The summed E-state index contributed by atoms with van der Waals surface area (Å²) >= 11 is 1.56. The van der Waals surface area contributed by atoms with Crippen molar-refractivity contribution in [2.75, 3.05) is 39.7 Å². The molecule has 0 spiro atoms. The van der Waals surface area contributed by atoms with E-state index in [2.05, 4.69) is 18.8 Å².